The number of likely N-dealkylation sites (tertiary alicyclic amines) is 1. The minimum absolute atomic E-state index is 0.259. The van der Waals surface area contributed by atoms with Crippen LogP contribution in [-0.4, -0.2) is 37.2 Å². The van der Waals surface area contributed by atoms with Gasteiger partial charge in [-0.3, -0.25) is 4.90 Å². The molecule has 0 aromatic heterocycles. The lowest BCUT2D eigenvalue weighted by Crippen LogP contribution is -2.42. The predicted molar refractivity (Wildman–Crippen MR) is 49.1 cm³/mol. The maximum absolute atomic E-state index is 8.84. The molecule has 2 atom stereocenters. The monoisotopic (exact) mass is 180 g/mol. The van der Waals surface area contributed by atoms with E-state index >= 15 is 0 Å². The van der Waals surface area contributed by atoms with Crippen LogP contribution in [0.4, 0.5) is 0 Å². The van der Waals surface area contributed by atoms with E-state index in [2.05, 4.69) is 11.0 Å². The van der Waals surface area contributed by atoms with E-state index in [9.17, 15) is 0 Å². The van der Waals surface area contributed by atoms with E-state index in [1.54, 1.807) is 0 Å². The first-order valence-electron chi connectivity index (χ1n) is 5.11. The second-order valence-corrected chi connectivity index (χ2v) is 3.98. The first-order chi connectivity index (χ1) is 6.40. The summed E-state index contributed by atoms with van der Waals surface area (Å²) in [6.07, 6.45) is 3.41. The summed E-state index contributed by atoms with van der Waals surface area (Å²) in [5, 5.41) is 8.84. The Hall–Kier alpha value is -0.590. The average Bonchev–Trinajstić information content (AvgIpc) is 2.71. The molecule has 3 nitrogen and oxygen atoms in total. The van der Waals surface area contributed by atoms with Gasteiger partial charge in [-0.1, -0.05) is 0 Å². The lowest BCUT2D eigenvalue weighted by molar-refractivity contribution is 0.115. The maximum Gasteiger partial charge on any atom is 0.0669 e. The molecule has 2 heterocycles. The fraction of sp³-hybridized carbons (Fsp3) is 0.900. The van der Waals surface area contributed by atoms with Gasteiger partial charge in [-0.25, -0.2) is 0 Å². The number of piperidine rings is 1. The van der Waals surface area contributed by atoms with Crippen molar-refractivity contribution in [2.24, 2.45) is 5.92 Å². The smallest absolute Gasteiger partial charge is 0.0669 e. The molecule has 13 heavy (non-hydrogen) atoms. The average molecular weight is 180 g/mol. The van der Waals surface area contributed by atoms with Crippen molar-refractivity contribution in [3.63, 3.8) is 0 Å². The van der Waals surface area contributed by atoms with Crippen LogP contribution in [0.25, 0.3) is 0 Å². The third-order valence-electron chi connectivity index (χ3n) is 3.06. The van der Waals surface area contributed by atoms with E-state index in [1.165, 1.54) is 6.42 Å². The van der Waals surface area contributed by atoms with Gasteiger partial charge < -0.3 is 4.74 Å². The van der Waals surface area contributed by atoms with Gasteiger partial charge in [0.25, 0.3) is 0 Å². The molecule has 2 aliphatic rings. The largest absolute Gasteiger partial charge is 0.380 e. The van der Waals surface area contributed by atoms with Crippen LogP contribution in [0.5, 0.6) is 0 Å². The molecule has 2 unspecified atom stereocenters. The Balaban J connectivity index is 1.88. The van der Waals surface area contributed by atoms with E-state index in [0.717, 1.165) is 39.1 Å². The highest BCUT2D eigenvalue weighted by Gasteiger charge is 2.27. The van der Waals surface area contributed by atoms with Crippen LogP contribution in [0.3, 0.4) is 0 Å². The van der Waals surface area contributed by atoms with Crippen LogP contribution in [0.2, 0.25) is 0 Å². The third kappa shape index (κ3) is 2.01. The van der Waals surface area contributed by atoms with Crippen molar-refractivity contribution < 1.29 is 4.74 Å². The lowest BCUT2D eigenvalue weighted by atomic mass is 9.98. The van der Waals surface area contributed by atoms with Crippen molar-refractivity contribution in [3.05, 3.63) is 0 Å². The second-order valence-electron chi connectivity index (χ2n) is 3.98. The number of ether oxygens (including phenoxy) is 1. The highest BCUT2D eigenvalue weighted by atomic mass is 16.5. The molecule has 0 spiro atoms. The fourth-order valence-electron chi connectivity index (χ4n) is 2.25. The number of rotatable bonds is 1. The minimum atomic E-state index is 0.259. The second kappa shape index (κ2) is 4.08. The summed E-state index contributed by atoms with van der Waals surface area (Å²) in [6, 6.07) is 2.97. The van der Waals surface area contributed by atoms with Gasteiger partial charge in [0.2, 0.25) is 0 Å². The predicted octanol–water partition coefficient (Wildman–Crippen LogP) is 1.01. The first kappa shape index (κ1) is 8.98. The Kier molecular flexibility index (Phi) is 2.82. The maximum atomic E-state index is 8.84. The number of nitriles is 1. The molecule has 0 bridgehead atoms. The lowest BCUT2D eigenvalue weighted by Gasteiger charge is -2.33. The molecule has 0 aliphatic carbocycles. The summed E-state index contributed by atoms with van der Waals surface area (Å²) in [6.45, 7) is 3.90. The third-order valence-corrected chi connectivity index (χ3v) is 3.06. The first-order valence-corrected chi connectivity index (χ1v) is 5.11. The molecule has 2 fully saturated rings. The van der Waals surface area contributed by atoms with Crippen LogP contribution in [-0.2, 0) is 4.74 Å². The van der Waals surface area contributed by atoms with Gasteiger partial charge in [-0.05, 0) is 25.8 Å². The van der Waals surface area contributed by atoms with E-state index < -0.39 is 0 Å². The number of hydrogen-bond acceptors (Lipinski definition) is 3. The van der Waals surface area contributed by atoms with Crippen molar-refractivity contribution in [1.82, 2.24) is 4.90 Å². The molecule has 0 amide bonds. The normalized spacial score (nSPS) is 35.9. The molecule has 0 aromatic rings. The molecule has 72 valence electrons. The molecule has 0 radical (unpaired) electrons. The molecule has 0 saturated carbocycles. The summed E-state index contributed by atoms with van der Waals surface area (Å²) < 4.78 is 5.35. The van der Waals surface area contributed by atoms with E-state index in [1.807, 2.05) is 0 Å². The van der Waals surface area contributed by atoms with Crippen molar-refractivity contribution in [2.75, 3.05) is 26.3 Å². The van der Waals surface area contributed by atoms with E-state index in [-0.39, 0.29) is 5.92 Å². The Morgan fingerprint density at radius 3 is 3.00 bits per heavy atom. The van der Waals surface area contributed by atoms with Crippen LogP contribution in [0.15, 0.2) is 0 Å². The van der Waals surface area contributed by atoms with Crippen LogP contribution < -0.4 is 0 Å². The van der Waals surface area contributed by atoms with Gasteiger partial charge in [-0.15, -0.1) is 0 Å². The van der Waals surface area contributed by atoms with Crippen LogP contribution in [0.1, 0.15) is 19.3 Å². The van der Waals surface area contributed by atoms with Gasteiger partial charge in [0.05, 0.1) is 18.6 Å². The van der Waals surface area contributed by atoms with Gasteiger partial charge in [-0.2, -0.15) is 5.26 Å². The summed E-state index contributed by atoms with van der Waals surface area (Å²) in [7, 11) is 0. The SMILES string of the molecule is N#CC1CCCN(C2CCOC2)C1. The summed E-state index contributed by atoms with van der Waals surface area (Å²) >= 11 is 0. The quantitative estimate of drug-likeness (QED) is 0.604. The van der Waals surface area contributed by atoms with Gasteiger partial charge in [0, 0.05) is 19.2 Å². The summed E-state index contributed by atoms with van der Waals surface area (Å²) in [4.78, 5) is 2.43. The zero-order valence-electron chi connectivity index (χ0n) is 7.91. The Morgan fingerprint density at radius 2 is 2.31 bits per heavy atom. The van der Waals surface area contributed by atoms with Crippen molar-refractivity contribution in [2.45, 2.75) is 25.3 Å². The highest BCUT2D eigenvalue weighted by molar-refractivity contribution is 4.90. The van der Waals surface area contributed by atoms with Crippen LogP contribution in [0, 0.1) is 17.2 Å². The minimum Gasteiger partial charge on any atom is -0.380 e. The zero-order chi connectivity index (χ0) is 9.10. The van der Waals surface area contributed by atoms with E-state index in [4.69, 9.17) is 10.00 Å². The molecule has 3 heteroatoms. The molecule has 2 aliphatic heterocycles. The van der Waals surface area contributed by atoms with Gasteiger partial charge >= 0.3 is 0 Å². The molecule has 0 aromatic carbocycles. The zero-order valence-corrected chi connectivity index (χ0v) is 7.91. The Morgan fingerprint density at radius 1 is 1.38 bits per heavy atom. The standard InChI is InChI=1S/C10H16N2O/c11-6-9-2-1-4-12(7-9)10-3-5-13-8-10/h9-10H,1-5,7-8H2. The van der Waals surface area contributed by atoms with Crippen LogP contribution >= 0.6 is 0 Å². The molecule has 2 saturated heterocycles. The number of hydrogen-bond donors (Lipinski definition) is 0. The Labute approximate surface area is 79.3 Å². The molecular formula is C10H16N2O. The summed E-state index contributed by atoms with van der Waals surface area (Å²) in [5.41, 5.74) is 0. The van der Waals surface area contributed by atoms with Crippen molar-refractivity contribution in [1.29, 1.82) is 5.26 Å². The van der Waals surface area contributed by atoms with E-state index in [0.29, 0.717) is 6.04 Å². The van der Waals surface area contributed by atoms with Crippen molar-refractivity contribution in [3.8, 4) is 6.07 Å². The fourth-order valence-corrected chi connectivity index (χ4v) is 2.25. The summed E-state index contributed by atoms with van der Waals surface area (Å²) in [5.74, 6) is 0.259. The number of nitrogens with zero attached hydrogens (tertiary/aromatic N) is 2. The van der Waals surface area contributed by atoms with Gasteiger partial charge in [0.15, 0.2) is 0 Å². The van der Waals surface area contributed by atoms with Crippen molar-refractivity contribution >= 4 is 0 Å². The van der Waals surface area contributed by atoms with Gasteiger partial charge in [0.1, 0.15) is 0 Å². The topological polar surface area (TPSA) is 36.3 Å². The molecular weight excluding hydrogens is 164 g/mol. The highest BCUT2D eigenvalue weighted by Crippen LogP contribution is 2.21. The Bertz CT molecular complexity index is 205. The molecule has 0 N–H and O–H groups in total. The molecule has 2 rings (SSSR count).